The molecule has 20 heavy (non-hydrogen) atoms. The fraction of sp³-hybridized carbons (Fsp3) is 0.562. The number of benzene rings is 1. The second-order valence-corrected chi connectivity index (χ2v) is 5.84. The summed E-state index contributed by atoms with van der Waals surface area (Å²) >= 11 is 0. The second kappa shape index (κ2) is 5.44. The van der Waals surface area contributed by atoms with E-state index in [2.05, 4.69) is 17.4 Å². The Kier molecular flexibility index (Phi) is 3.66. The summed E-state index contributed by atoms with van der Waals surface area (Å²) in [5, 5.41) is 3.54. The first kappa shape index (κ1) is 13.4. The largest absolute Gasteiger partial charge is 0.497 e. The predicted molar refractivity (Wildman–Crippen MR) is 78.0 cm³/mol. The van der Waals surface area contributed by atoms with Crippen molar-refractivity contribution in [2.75, 3.05) is 20.7 Å². The topological polar surface area (TPSA) is 41.6 Å². The maximum absolute atomic E-state index is 12.0. The SMILES string of the molecule is COc1ccc2c(c1)CC(NC1CCN(C)C1=O)CC2. The first-order chi connectivity index (χ1) is 9.67. The molecule has 0 spiro atoms. The van der Waals surface area contributed by atoms with Crippen molar-refractivity contribution in [3.8, 4) is 5.75 Å². The van der Waals surface area contributed by atoms with Crippen LogP contribution in [0.4, 0.5) is 0 Å². The van der Waals surface area contributed by atoms with E-state index in [9.17, 15) is 4.79 Å². The third-order valence-electron chi connectivity index (χ3n) is 4.51. The number of hydrogen-bond donors (Lipinski definition) is 1. The van der Waals surface area contributed by atoms with Crippen LogP contribution in [0.2, 0.25) is 0 Å². The number of nitrogens with one attached hydrogen (secondary N) is 1. The van der Waals surface area contributed by atoms with Crippen molar-refractivity contribution in [3.63, 3.8) is 0 Å². The lowest BCUT2D eigenvalue weighted by Crippen LogP contribution is -2.45. The zero-order valence-electron chi connectivity index (χ0n) is 12.2. The molecule has 1 aromatic carbocycles. The standard InChI is InChI=1S/C16H22N2O2/c1-18-8-7-15(16(18)19)17-13-5-3-11-4-6-14(20-2)10-12(11)9-13/h4,6,10,13,15,17H,3,5,7-9H2,1-2H3. The van der Waals surface area contributed by atoms with Gasteiger partial charge in [0.15, 0.2) is 0 Å². The number of likely N-dealkylation sites (tertiary alicyclic amines) is 1. The highest BCUT2D eigenvalue weighted by Gasteiger charge is 2.31. The van der Waals surface area contributed by atoms with E-state index in [-0.39, 0.29) is 11.9 Å². The summed E-state index contributed by atoms with van der Waals surface area (Å²) < 4.78 is 5.30. The minimum absolute atomic E-state index is 0.0113. The number of rotatable bonds is 3. The molecule has 2 unspecified atom stereocenters. The van der Waals surface area contributed by atoms with Crippen LogP contribution in [0, 0.1) is 0 Å². The number of nitrogens with zero attached hydrogens (tertiary/aromatic N) is 1. The summed E-state index contributed by atoms with van der Waals surface area (Å²) in [5.74, 6) is 1.16. The van der Waals surface area contributed by atoms with Crippen LogP contribution in [-0.4, -0.2) is 43.6 Å². The van der Waals surface area contributed by atoms with Crippen molar-refractivity contribution in [3.05, 3.63) is 29.3 Å². The Hall–Kier alpha value is -1.55. The van der Waals surface area contributed by atoms with Crippen LogP contribution in [0.3, 0.4) is 0 Å². The smallest absolute Gasteiger partial charge is 0.239 e. The van der Waals surface area contributed by atoms with E-state index in [4.69, 9.17) is 4.74 Å². The number of hydrogen-bond acceptors (Lipinski definition) is 3. The number of methoxy groups -OCH3 is 1. The van der Waals surface area contributed by atoms with Gasteiger partial charge in [0.2, 0.25) is 5.91 Å². The van der Waals surface area contributed by atoms with E-state index in [1.807, 2.05) is 18.0 Å². The van der Waals surface area contributed by atoms with Gasteiger partial charge in [-0.3, -0.25) is 4.79 Å². The van der Waals surface area contributed by atoms with Gasteiger partial charge in [-0.05, 0) is 48.9 Å². The summed E-state index contributed by atoms with van der Waals surface area (Å²) in [4.78, 5) is 13.8. The third-order valence-corrected chi connectivity index (χ3v) is 4.51. The Bertz CT molecular complexity index is 515. The molecule has 1 amide bonds. The van der Waals surface area contributed by atoms with Crippen molar-refractivity contribution in [1.29, 1.82) is 0 Å². The van der Waals surface area contributed by atoms with Crippen molar-refractivity contribution >= 4 is 5.91 Å². The minimum atomic E-state index is 0.0113. The van der Waals surface area contributed by atoms with Crippen LogP contribution in [0.15, 0.2) is 18.2 Å². The first-order valence-electron chi connectivity index (χ1n) is 7.34. The van der Waals surface area contributed by atoms with Gasteiger partial charge in [0, 0.05) is 19.6 Å². The predicted octanol–water partition coefficient (Wildman–Crippen LogP) is 1.37. The zero-order valence-corrected chi connectivity index (χ0v) is 12.2. The normalized spacial score (nSPS) is 25.7. The van der Waals surface area contributed by atoms with E-state index >= 15 is 0 Å². The minimum Gasteiger partial charge on any atom is -0.497 e. The van der Waals surface area contributed by atoms with Gasteiger partial charge >= 0.3 is 0 Å². The highest BCUT2D eigenvalue weighted by Crippen LogP contribution is 2.26. The monoisotopic (exact) mass is 274 g/mol. The van der Waals surface area contributed by atoms with Gasteiger partial charge in [0.05, 0.1) is 13.2 Å². The molecule has 1 heterocycles. The molecule has 0 radical (unpaired) electrons. The molecule has 0 aromatic heterocycles. The molecule has 4 heteroatoms. The Labute approximate surface area is 120 Å². The molecule has 1 saturated heterocycles. The molecule has 3 rings (SSSR count). The quantitative estimate of drug-likeness (QED) is 0.905. The maximum Gasteiger partial charge on any atom is 0.239 e. The van der Waals surface area contributed by atoms with E-state index in [1.54, 1.807) is 7.11 Å². The Morgan fingerprint density at radius 3 is 2.85 bits per heavy atom. The van der Waals surface area contributed by atoms with Crippen LogP contribution < -0.4 is 10.1 Å². The number of carbonyl (C=O) groups excluding carboxylic acids is 1. The molecule has 0 bridgehead atoms. The number of likely N-dealkylation sites (N-methyl/N-ethyl adjacent to an activating group) is 1. The molecular weight excluding hydrogens is 252 g/mol. The number of ether oxygens (including phenoxy) is 1. The first-order valence-corrected chi connectivity index (χ1v) is 7.34. The molecule has 1 N–H and O–H groups in total. The van der Waals surface area contributed by atoms with E-state index in [1.165, 1.54) is 11.1 Å². The molecule has 4 nitrogen and oxygen atoms in total. The van der Waals surface area contributed by atoms with Crippen molar-refractivity contribution in [1.82, 2.24) is 10.2 Å². The molecule has 1 aliphatic heterocycles. The van der Waals surface area contributed by atoms with Crippen LogP contribution in [0.25, 0.3) is 0 Å². The van der Waals surface area contributed by atoms with Crippen LogP contribution >= 0.6 is 0 Å². The number of amides is 1. The average molecular weight is 274 g/mol. The Balaban J connectivity index is 1.67. The second-order valence-electron chi connectivity index (χ2n) is 5.84. The average Bonchev–Trinajstić information content (AvgIpc) is 2.78. The summed E-state index contributed by atoms with van der Waals surface area (Å²) in [6.45, 7) is 0.869. The third kappa shape index (κ3) is 2.52. The summed E-state index contributed by atoms with van der Waals surface area (Å²) in [6, 6.07) is 6.74. The van der Waals surface area contributed by atoms with Gasteiger partial charge in [0.1, 0.15) is 5.75 Å². The highest BCUT2D eigenvalue weighted by atomic mass is 16.5. The lowest BCUT2D eigenvalue weighted by atomic mass is 9.87. The van der Waals surface area contributed by atoms with Gasteiger partial charge in [-0.1, -0.05) is 6.07 Å². The number of carbonyl (C=O) groups is 1. The molecular formula is C16H22N2O2. The fourth-order valence-corrected chi connectivity index (χ4v) is 3.26. The summed E-state index contributed by atoms with van der Waals surface area (Å²) in [5.41, 5.74) is 2.77. The van der Waals surface area contributed by atoms with Crippen LogP contribution in [0.5, 0.6) is 5.75 Å². The van der Waals surface area contributed by atoms with Crippen molar-refractivity contribution in [2.24, 2.45) is 0 Å². The van der Waals surface area contributed by atoms with Gasteiger partial charge < -0.3 is 15.0 Å². The Morgan fingerprint density at radius 2 is 2.15 bits per heavy atom. The Morgan fingerprint density at radius 1 is 1.30 bits per heavy atom. The van der Waals surface area contributed by atoms with E-state index < -0.39 is 0 Å². The molecule has 2 aliphatic rings. The highest BCUT2D eigenvalue weighted by molar-refractivity contribution is 5.83. The molecule has 108 valence electrons. The van der Waals surface area contributed by atoms with Gasteiger partial charge in [0.25, 0.3) is 0 Å². The number of fused-ring (bicyclic) bond motifs is 1. The van der Waals surface area contributed by atoms with Gasteiger partial charge in [-0.25, -0.2) is 0 Å². The maximum atomic E-state index is 12.0. The van der Waals surface area contributed by atoms with Gasteiger partial charge in [-0.15, -0.1) is 0 Å². The lowest BCUT2D eigenvalue weighted by molar-refractivity contribution is -0.128. The van der Waals surface area contributed by atoms with Crippen molar-refractivity contribution < 1.29 is 9.53 Å². The molecule has 1 fully saturated rings. The molecule has 0 saturated carbocycles. The molecule has 1 aromatic rings. The van der Waals surface area contributed by atoms with Crippen LogP contribution in [0.1, 0.15) is 24.0 Å². The van der Waals surface area contributed by atoms with Crippen LogP contribution in [-0.2, 0) is 17.6 Å². The van der Waals surface area contributed by atoms with E-state index in [0.29, 0.717) is 6.04 Å². The molecule has 2 atom stereocenters. The molecule has 1 aliphatic carbocycles. The number of aryl methyl sites for hydroxylation is 1. The fourth-order valence-electron chi connectivity index (χ4n) is 3.26. The van der Waals surface area contributed by atoms with Crippen molar-refractivity contribution in [2.45, 2.75) is 37.8 Å². The summed E-state index contributed by atoms with van der Waals surface area (Å²) in [7, 11) is 3.58. The zero-order chi connectivity index (χ0) is 14.1. The summed E-state index contributed by atoms with van der Waals surface area (Å²) in [6.07, 6.45) is 4.09. The van der Waals surface area contributed by atoms with E-state index in [0.717, 1.165) is 38.0 Å². The lowest BCUT2D eigenvalue weighted by Gasteiger charge is -2.28. The van der Waals surface area contributed by atoms with Gasteiger partial charge in [-0.2, -0.15) is 0 Å².